The fraction of sp³-hybridized carbons (Fsp3) is 0.385. The summed E-state index contributed by atoms with van der Waals surface area (Å²) in [4.78, 5) is 18.1. The van der Waals surface area contributed by atoms with Crippen LogP contribution in [0.2, 0.25) is 0 Å². The van der Waals surface area contributed by atoms with Gasteiger partial charge in [0.1, 0.15) is 5.82 Å². The Hall–Kier alpha value is -1.62. The Morgan fingerprint density at radius 2 is 2.17 bits per heavy atom. The van der Waals surface area contributed by atoms with Gasteiger partial charge in [-0.3, -0.25) is 4.79 Å². The van der Waals surface area contributed by atoms with Crippen LogP contribution in [-0.2, 0) is 12.0 Å². The molecular weight excluding hydrogens is 246 g/mol. The van der Waals surface area contributed by atoms with Crippen LogP contribution in [0.15, 0.2) is 28.5 Å². The van der Waals surface area contributed by atoms with Gasteiger partial charge in [-0.25, -0.2) is 4.98 Å². The van der Waals surface area contributed by atoms with Gasteiger partial charge < -0.3 is 10.3 Å². The monoisotopic (exact) mass is 263 g/mol. The molecule has 0 saturated carbocycles. The molecule has 0 spiro atoms. The van der Waals surface area contributed by atoms with E-state index >= 15 is 0 Å². The number of nitrogens with zero attached hydrogens (tertiary/aromatic N) is 1. The first-order valence-corrected chi connectivity index (χ1v) is 6.70. The van der Waals surface area contributed by atoms with Gasteiger partial charge in [-0.1, -0.05) is 38.2 Å². The fourth-order valence-corrected chi connectivity index (χ4v) is 2.11. The first-order valence-electron chi connectivity index (χ1n) is 5.82. The molecule has 0 saturated heterocycles. The summed E-state index contributed by atoms with van der Waals surface area (Å²) in [6.07, 6.45) is 1.89. The average molecular weight is 263 g/mol. The lowest BCUT2D eigenvalue weighted by Gasteiger charge is -2.18. The molecule has 2 aromatic heterocycles. The van der Waals surface area contributed by atoms with Crippen molar-refractivity contribution in [3.63, 3.8) is 0 Å². The van der Waals surface area contributed by atoms with E-state index in [2.05, 4.69) is 42.1 Å². The Bertz CT molecular complexity index is 563. The molecule has 0 atom stereocenters. The zero-order chi connectivity index (χ0) is 13.2. The van der Waals surface area contributed by atoms with Crippen molar-refractivity contribution in [1.29, 1.82) is 0 Å². The Balaban J connectivity index is 2.00. The summed E-state index contributed by atoms with van der Waals surface area (Å²) in [7, 11) is 0. The van der Waals surface area contributed by atoms with Crippen molar-refractivity contribution in [2.45, 2.75) is 32.7 Å². The van der Waals surface area contributed by atoms with Crippen LogP contribution in [0.25, 0.3) is 0 Å². The maximum Gasteiger partial charge on any atom is 0.304 e. The first-order chi connectivity index (χ1) is 8.45. The predicted octanol–water partition coefficient (Wildman–Crippen LogP) is 2.74. The van der Waals surface area contributed by atoms with E-state index < -0.39 is 0 Å². The number of anilines is 1. The number of rotatable bonds is 3. The summed E-state index contributed by atoms with van der Waals surface area (Å²) in [5.74, 6) is 0.815. The van der Waals surface area contributed by atoms with Gasteiger partial charge in [0.05, 0.1) is 6.54 Å². The van der Waals surface area contributed by atoms with E-state index in [1.54, 1.807) is 0 Å². The van der Waals surface area contributed by atoms with Crippen LogP contribution >= 0.6 is 11.3 Å². The first kappa shape index (κ1) is 12.8. The minimum Gasteiger partial charge on any atom is -0.364 e. The molecule has 4 nitrogen and oxygen atoms in total. The molecule has 96 valence electrons. The van der Waals surface area contributed by atoms with Gasteiger partial charge in [0.2, 0.25) is 0 Å². The normalized spacial score (nSPS) is 11.5. The van der Waals surface area contributed by atoms with Crippen LogP contribution in [0, 0.1) is 0 Å². The predicted molar refractivity (Wildman–Crippen MR) is 75.2 cm³/mol. The largest absolute Gasteiger partial charge is 0.364 e. The lowest BCUT2D eigenvalue weighted by molar-refractivity contribution is 0.587. The number of H-pyrrole nitrogens is 1. The second-order valence-electron chi connectivity index (χ2n) is 5.21. The summed E-state index contributed by atoms with van der Waals surface area (Å²) < 4.78 is 0. The zero-order valence-electron chi connectivity index (χ0n) is 10.8. The van der Waals surface area contributed by atoms with Crippen LogP contribution in [0.1, 0.15) is 32.0 Å². The van der Waals surface area contributed by atoms with Crippen molar-refractivity contribution in [1.82, 2.24) is 9.97 Å². The Morgan fingerprint density at radius 1 is 1.39 bits per heavy atom. The van der Waals surface area contributed by atoms with Crippen molar-refractivity contribution in [2.75, 3.05) is 5.32 Å². The quantitative estimate of drug-likeness (QED) is 0.895. The van der Waals surface area contributed by atoms with E-state index in [-0.39, 0.29) is 10.3 Å². The molecule has 2 rings (SSSR count). The number of thiazole rings is 1. The molecule has 5 heteroatoms. The minimum absolute atomic E-state index is 0.0251. The second-order valence-corrected chi connectivity index (χ2v) is 6.05. The van der Waals surface area contributed by atoms with Crippen molar-refractivity contribution in [2.24, 2.45) is 0 Å². The second kappa shape index (κ2) is 4.94. The highest BCUT2D eigenvalue weighted by atomic mass is 32.1. The smallest absolute Gasteiger partial charge is 0.304 e. The summed E-state index contributed by atoms with van der Waals surface area (Å²) in [5, 5.41) is 5.00. The number of nitrogens with one attached hydrogen (secondary N) is 2. The summed E-state index contributed by atoms with van der Waals surface area (Å²) >= 11 is 1.17. The Labute approximate surface area is 110 Å². The van der Waals surface area contributed by atoms with Gasteiger partial charge in [-0.2, -0.15) is 0 Å². The topological polar surface area (TPSA) is 57.8 Å². The standard InChI is InChI=1S/C13H17N3OS/c1-13(2,3)9-4-5-11(14-6-9)15-7-10-8-18-12(17)16-10/h4-6,8H,7H2,1-3H3,(H,14,15)(H,16,17). The van der Waals surface area contributed by atoms with Gasteiger partial charge in [0.25, 0.3) is 0 Å². The molecule has 0 aromatic carbocycles. The maximum absolute atomic E-state index is 11.0. The number of hydrogen-bond acceptors (Lipinski definition) is 4. The van der Waals surface area contributed by atoms with Gasteiger partial charge >= 0.3 is 4.87 Å². The molecule has 0 aliphatic rings. The van der Waals surface area contributed by atoms with Crippen LogP contribution in [0.5, 0.6) is 0 Å². The van der Waals surface area contributed by atoms with E-state index in [9.17, 15) is 4.79 Å². The average Bonchev–Trinajstić information content (AvgIpc) is 2.72. The number of hydrogen-bond donors (Lipinski definition) is 2. The number of pyridine rings is 1. The molecule has 0 fully saturated rings. The Kier molecular flexibility index (Phi) is 3.52. The molecule has 0 aliphatic heterocycles. The van der Waals surface area contributed by atoms with Crippen molar-refractivity contribution in [3.8, 4) is 0 Å². The van der Waals surface area contributed by atoms with E-state index in [0.717, 1.165) is 11.5 Å². The summed E-state index contributed by atoms with van der Waals surface area (Å²) in [6, 6.07) is 4.04. The van der Waals surface area contributed by atoms with E-state index in [1.165, 1.54) is 16.9 Å². The van der Waals surface area contributed by atoms with Gasteiger partial charge in [0, 0.05) is 17.3 Å². The lowest BCUT2D eigenvalue weighted by Crippen LogP contribution is -2.12. The molecule has 0 aliphatic carbocycles. The minimum atomic E-state index is -0.0251. The third kappa shape index (κ3) is 3.20. The molecular formula is C13H17N3OS. The highest BCUT2D eigenvalue weighted by molar-refractivity contribution is 7.07. The van der Waals surface area contributed by atoms with E-state index in [4.69, 9.17) is 0 Å². The highest BCUT2D eigenvalue weighted by Gasteiger charge is 2.13. The Morgan fingerprint density at radius 3 is 2.67 bits per heavy atom. The van der Waals surface area contributed by atoms with Crippen molar-refractivity contribution >= 4 is 17.2 Å². The third-order valence-electron chi connectivity index (χ3n) is 2.66. The van der Waals surface area contributed by atoms with Gasteiger partial charge in [-0.15, -0.1) is 0 Å². The van der Waals surface area contributed by atoms with Crippen LogP contribution < -0.4 is 10.2 Å². The van der Waals surface area contributed by atoms with E-state index in [1.807, 2.05) is 17.6 Å². The molecule has 0 bridgehead atoms. The van der Waals surface area contributed by atoms with Crippen LogP contribution in [0.4, 0.5) is 5.82 Å². The van der Waals surface area contributed by atoms with Crippen LogP contribution in [-0.4, -0.2) is 9.97 Å². The third-order valence-corrected chi connectivity index (χ3v) is 3.38. The molecule has 18 heavy (non-hydrogen) atoms. The molecule has 2 aromatic rings. The highest BCUT2D eigenvalue weighted by Crippen LogP contribution is 2.21. The molecule has 2 N–H and O–H groups in total. The van der Waals surface area contributed by atoms with E-state index in [0.29, 0.717) is 6.54 Å². The molecule has 0 unspecified atom stereocenters. The molecule has 2 heterocycles. The zero-order valence-corrected chi connectivity index (χ0v) is 11.6. The van der Waals surface area contributed by atoms with Gasteiger partial charge in [-0.05, 0) is 17.0 Å². The van der Waals surface area contributed by atoms with Crippen molar-refractivity contribution in [3.05, 3.63) is 44.6 Å². The number of aromatic nitrogens is 2. The lowest BCUT2D eigenvalue weighted by atomic mass is 9.88. The van der Waals surface area contributed by atoms with Gasteiger partial charge in [0.15, 0.2) is 0 Å². The summed E-state index contributed by atoms with van der Waals surface area (Å²) in [5.41, 5.74) is 2.20. The number of aromatic amines is 1. The summed E-state index contributed by atoms with van der Waals surface area (Å²) in [6.45, 7) is 7.06. The molecule has 0 amide bonds. The maximum atomic E-state index is 11.0. The van der Waals surface area contributed by atoms with Crippen molar-refractivity contribution < 1.29 is 0 Å². The van der Waals surface area contributed by atoms with Crippen LogP contribution in [0.3, 0.4) is 0 Å². The fourth-order valence-electron chi connectivity index (χ4n) is 1.53. The SMILES string of the molecule is CC(C)(C)c1ccc(NCc2csc(=O)[nH]2)nc1. The molecule has 0 radical (unpaired) electrons.